The molecule has 1 saturated heterocycles. The van der Waals surface area contributed by atoms with Crippen LogP contribution in [0.3, 0.4) is 0 Å². The summed E-state index contributed by atoms with van der Waals surface area (Å²) in [5.41, 5.74) is 1.23. The molecule has 146 valence electrons. The number of hydrogen-bond acceptors (Lipinski definition) is 2. The molecule has 3 saturated carbocycles. The van der Waals surface area contributed by atoms with Gasteiger partial charge >= 0.3 is 0 Å². The minimum absolute atomic E-state index is 0.113. The van der Waals surface area contributed by atoms with Gasteiger partial charge in [0.25, 0.3) is 0 Å². The zero-order valence-electron chi connectivity index (χ0n) is 16.5. The molecule has 5 rings (SSSR count). The van der Waals surface area contributed by atoms with E-state index in [-0.39, 0.29) is 5.41 Å². The molecule has 3 atom stereocenters. The molecule has 27 heavy (non-hydrogen) atoms. The lowest BCUT2D eigenvalue weighted by atomic mass is 9.68. The van der Waals surface area contributed by atoms with Crippen LogP contribution in [0, 0.1) is 23.2 Å². The van der Waals surface area contributed by atoms with Gasteiger partial charge in [0.1, 0.15) is 0 Å². The van der Waals surface area contributed by atoms with Crippen molar-refractivity contribution in [2.24, 2.45) is 23.2 Å². The van der Waals surface area contributed by atoms with Crippen LogP contribution in [-0.2, 0) is 11.2 Å². The molecule has 3 aliphatic carbocycles. The fraction of sp³-hybridized carbons (Fsp3) is 0.708. The number of nitrogens with one attached hydrogen (secondary N) is 1. The average molecular weight is 367 g/mol. The number of likely N-dealkylation sites (tertiary alicyclic amines) is 1. The molecule has 0 aromatic heterocycles. The first-order valence-corrected chi connectivity index (χ1v) is 11.3. The van der Waals surface area contributed by atoms with E-state index in [0.717, 1.165) is 50.6 Å². The fourth-order valence-electron chi connectivity index (χ4n) is 6.22. The molecule has 1 aromatic rings. The van der Waals surface area contributed by atoms with E-state index >= 15 is 0 Å². The lowest BCUT2D eigenvalue weighted by Gasteiger charge is -2.43. The summed E-state index contributed by atoms with van der Waals surface area (Å²) >= 11 is 0. The smallest absolute Gasteiger partial charge is 0.229 e. The third-order valence-corrected chi connectivity index (χ3v) is 7.94. The summed E-state index contributed by atoms with van der Waals surface area (Å²) in [5.74, 6) is 2.83. The van der Waals surface area contributed by atoms with Gasteiger partial charge in [0.15, 0.2) is 0 Å². The van der Waals surface area contributed by atoms with Gasteiger partial charge in [0.05, 0.1) is 5.41 Å². The number of amides is 1. The van der Waals surface area contributed by atoms with Crippen molar-refractivity contribution in [2.75, 3.05) is 19.6 Å². The van der Waals surface area contributed by atoms with Gasteiger partial charge in [-0.05, 0) is 81.2 Å². The van der Waals surface area contributed by atoms with Crippen LogP contribution in [-0.4, -0.2) is 36.5 Å². The monoisotopic (exact) mass is 366 g/mol. The van der Waals surface area contributed by atoms with E-state index in [1.807, 2.05) is 0 Å². The minimum Gasteiger partial charge on any atom is -0.342 e. The van der Waals surface area contributed by atoms with Crippen molar-refractivity contribution in [2.45, 2.75) is 63.8 Å². The summed E-state index contributed by atoms with van der Waals surface area (Å²) in [6.45, 7) is 3.10. The van der Waals surface area contributed by atoms with Crippen LogP contribution in [0.1, 0.15) is 56.9 Å². The topological polar surface area (TPSA) is 32.3 Å². The summed E-state index contributed by atoms with van der Waals surface area (Å²) in [6, 6.07) is 11.4. The van der Waals surface area contributed by atoms with Crippen molar-refractivity contribution in [1.82, 2.24) is 10.2 Å². The Balaban J connectivity index is 1.27. The molecule has 4 aliphatic rings. The second kappa shape index (κ2) is 7.24. The maximum absolute atomic E-state index is 13.8. The third-order valence-electron chi connectivity index (χ3n) is 7.94. The summed E-state index contributed by atoms with van der Waals surface area (Å²) in [5, 5.41) is 3.75. The lowest BCUT2D eigenvalue weighted by Crippen LogP contribution is -2.52. The Kier molecular flexibility index (Phi) is 4.75. The quantitative estimate of drug-likeness (QED) is 0.824. The van der Waals surface area contributed by atoms with E-state index in [0.29, 0.717) is 17.9 Å². The van der Waals surface area contributed by atoms with Crippen molar-refractivity contribution >= 4 is 5.91 Å². The van der Waals surface area contributed by atoms with Crippen LogP contribution in [0.4, 0.5) is 0 Å². The normalized spacial score (nSPS) is 33.6. The number of hydrogen-bond donors (Lipinski definition) is 1. The zero-order valence-corrected chi connectivity index (χ0v) is 16.5. The number of fused-ring (bicyclic) bond motifs is 2. The molecule has 1 N–H and O–H groups in total. The average Bonchev–Trinajstić information content (AvgIpc) is 3.33. The molecule has 1 heterocycles. The van der Waals surface area contributed by atoms with Crippen LogP contribution in [0.25, 0.3) is 0 Å². The highest BCUT2D eigenvalue weighted by Crippen LogP contribution is 2.58. The van der Waals surface area contributed by atoms with Crippen molar-refractivity contribution in [3.05, 3.63) is 35.9 Å². The molecular formula is C24H34N2O. The first kappa shape index (κ1) is 17.7. The molecule has 3 unspecified atom stereocenters. The van der Waals surface area contributed by atoms with E-state index in [1.54, 1.807) is 0 Å². The maximum atomic E-state index is 13.8. The van der Waals surface area contributed by atoms with Gasteiger partial charge < -0.3 is 10.2 Å². The Morgan fingerprint density at radius 2 is 1.81 bits per heavy atom. The Labute approximate surface area is 163 Å². The maximum Gasteiger partial charge on any atom is 0.229 e. The molecule has 0 spiro atoms. The highest BCUT2D eigenvalue weighted by Gasteiger charge is 2.56. The summed E-state index contributed by atoms with van der Waals surface area (Å²) in [7, 11) is 0. The van der Waals surface area contributed by atoms with E-state index < -0.39 is 0 Å². The summed E-state index contributed by atoms with van der Waals surface area (Å²) in [4.78, 5) is 16.0. The Morgan fingerprint density at radius 1 is 1.04 bits per heavy atom. The number of piperidine rings is 1. The number of benzene rings is 1. The first-order chi connectivity index (χ1) is 13.2. The molecule has 3 nitrogen and oxygen atoms in total. The molecule has 1 amide bonds. The van der Waals surface area contributed by atoms with Gasteiger partial charge in [0, 0.05) is 19.1 Å². The number of carbonyl (C=O) groups excluding carboxylic acids is 1. The van der Waals surface area contributed by atoms with E-state index in [4.69, 9.17) is 0 Å². The van der Waals surface area contributed by atoms with E-state index in [2.05, 4.69) is 40.5 Å². The van der Waals surface area contributed by atoms with Crippen molar-refractivity contribution in [3.8, 4) is 0 Å². The molecule has 3 heteroatoms. The van der Waals surface area contributed by atoms with Crippen molar-refractivity contribution < 1.29 is 4.79 Å². The number of nitrogens with zero attached hydrogens (tertiary/aromatic N) is 1. The Hall–Kier alpha value is -1.35. The van der Waals surface area contributed by atoms with Gasteiger partial charge in [-0.1, -0.05) is 36.8 Å². The predicted octanol–water partition coefficient (Wildman–Crippen LogP) is 4.03. The molecular weight excluding hydrogens is 332 g/mol. The fourth-order valence-corrected chi connectivity index (χ4v) is 6.22. The van der Waals surface area contributed by atoms with Gasteiger partial charge in [-0.3, -0.25) is 4.79 Å². The molecule has 0 radical (unpaired) electrons. The van der Waals surface area contributed by atoms with Crippen molar-refractivity contribution in [3.63, 3.8) is 0 Å². The van der Waals surface area contributed by atoms with Crippen LogP contribution in [0.2, 0.25) is 0 Å². The Bertz CT molecular complexity index is 662. The molecule has 1 aliphatic heterocycles. The van der Waals surface area contributed by atoms with Gasteiger partial charge in [-0.15, -0.1) is 0 Å². The second-order valence-corrected chi connectivity index (χ2v) is 9.82. The minimum atomic E-state index is -0.113. The van der Waals surface area contributed by atoms with E-state index in [9.17, 15) is 4.79 Å². The van der Waals surface area contributed by atoms with Crippen LogP contribution in [0.5, 0.6) is 0 Å². The third kappa shape index (κ3) is 3.55. The van der Waals surface area contributed by atoms with Crippen LogP contribution in [0.15, 0.2) is 30.3 Å². The SMILES string of the molecule is O=C(N1CCC(NCC2CC2)CC1)C1(Cc2ccccc2)CC2CCC1C2. The molecule has 4 fully saturated rings. The standard InChI is InChI=1S/C24H34N2O/c27-23(26-12-10-22(11-13-26)25-17-19-6-7-19)24(15-18-4-2-1-3-5-18)16-20-8-9-21(24)14-20/h1-5,19-22,25H,6-17H2. The number of rotatable bonds is 6. The summed E-state index contributed by atoms with van der Waals surface area (Å²) < 4.78 is 0. The lowest BCUT2D eigenvalue weighted by molar-refractivity contribution is -0.146. The highest BCUT2D eigenvalue weighted by atomic mass is 16.2. The molecule has 2 bridgehead atoms. The van der Waals surface area contributed by atoms with Crippen LogP contribution >= 0.6 is 0 Å². The van der Waals surface area contributed by atoms with Gasteiger partial charge in [-0.2, -0.15) is 0 Å². The highest BCUT2D eigenvalue weighted by molar-refractivity contribution is 5.84. The predicted molar refractivity (Wildman–Crippen MR) is 108 cm³/mol. The molecule has 1 aromatic carbocycles. The van der Waals surface area contributed by atoms with Crippen molar-refractivity contribution in [1.29, 1.82) is 0 Å². The Morgan fingerprint density at radius 3 is 2.44 bits per heavy atom. The first-order valence-electron chi connectivity index (χ1n) is 11.3. The van der Waals surface area contributed by atoms with Crippen LogP contribution < -0.4 is 5.32 Å². The van der Waals surface area contributed by atoms with E-state index in [1.165, 1.54) is 44.2 Å². The van der Waals surface area contributed by atoms with Gasteiger partial charge in [-0.25, -0.2) is 0 Å². The van der Waals surface area contributed by atoms with Gasteiger partial charge in [0.2, 0.25) is 5.91 Å². The number of carbonyl (C=O) groups is 1. The zero-order chi connectivity index (χ0) is 18.3. The largest absolute Gasteiger partial charge is 0.342 e. The summed E-state index contributed by atoms with van der Waals surface area (Å²) in [6.07, 6.45) is 11.1. The second-order valence-electron chi connectivity index (χ2n) is 9.82.